The van der Waals surface area contributed by atoms with Crippen LogP contribution in [0.3, 0.4) is 0 Å². The van der Waals surface area contributed by atoms with Crippen molar-refractivity contribution in [3.63, 3.8) is 0 Å². The molecule has 0 aromatic rings. The zero-order valence-electron chi connectivity index (χ0n) is 10.6. The Hall–Kier alpha value is -0.780. The summed E-state index contributed by atoms with van der Waals surface area (Å²) in [6.45, 7) is 4.04. The first-order chi connectivity index (χ1) is 7.55. The van der Waals surface area contributed by atoms with Gasteiger partial charge < -0.3 is 10.6 Å². The minimum absolute atomic E-state index is 0.0766. The van der Waals surface area contributed by atoms with E-state index in [-0.39, 0.29) is 13.0 Å². The molecule has 1 amide bonds. The lowest BCUT2D eigenvalue weighted by molar-refractivity contribution is -0.162. The molecule has 0 saturated heterocycles. The summed E-state index contributed by atoms with van der Waals surface area (Å²) >= 11 is 0. The number of carbonyl (C=O) groups excluding carboxylic acids is 1. The molecule has 0 saturated carbocycles. The largest absolute Gasteiger partial charge is 0.406 e. The maximum Gasteiger partial charge on any atom is 0.406 e. The first kappa shape index (κ1) is 16.2. The van der Waals surface area contributed by atoms with E-state index in [2.05, 4.69) is 0 Å². The quantitative estimate of drug-likeness (QED) is 0.790. The smallest absolute Gasteiger partial charge is 0.334 e. The standard InChI is InChI=1S/C11H21F3N2O/c1-4-5-6-16(8-11(12,13)14)9(17)7-10(2,3)15/h4-8,15H2,1-3H3. The molecule has 0 bridgehead atoms. The Bertz CT molecular complexity index is 246. The number of carbonyl (C=O) groups is 1. The monoisotopic (exact) mass is 254 g/mol. The number of amides is 1. The topological polar surface area (TPSA) is 46.3 Å². The van der Waals surface area contributed by atoms with Crippen LogP contribution in [0.5, 0.6) is 0 Å². The van der Waals surface area contributed by atoms with Crippen LogP contribution >= 0.6 is 0 Å². The molecule has 0 fully saturated rings. The Morgan fingerprint density at radius 2 is 1.82 bits per heavy atom. The summed E-state index contributed by atoms with van der Waals surface area (Å²) in [6.07, 6.45) is -3.13. The minimum Gasteiger partial charge on any atom is -0.334 e. The molecular formula is C11H21F3N2O. The maximum atomic E-state index is 12.3. The first-order valence-electron chi connectivity index (χ1n) is 5.68. The van der Waals surface area contributed by atoms with E-state index in [0.29, 0.717) is 6.42 Å². The van der Waals surface area contributed by atoms with E-state index in [4.69, 9.17) is 5.73 Å². The van der Waals surface area contributed by atoms with Crippen LogP contribution in [0.25, 0.3) is 0 Å². The highest BCUT2D eigenvalue weighted by Crippen LogP contribution is 2.18. The lowest BCUT2D eigenvalue weighted by Crippen LogP contribution is -2.44. The average Bonchev–Trinajstić information content (AvgIpc) is 2.07. The number of hydrogen-bond donors (Lipinski definition) is 1. The van der Waals surface area contributed by atoms with Crippen LogP contribution in [0, 0.1) is 0 Å². The molecule has 0 rings (SSSR count). The van der Waals surface area contributed by atoms with E-state index in [0.717, 1.165) is 11.3 Å². The predicted molar refractivity (Wildman–Crippen MR) is 60.4 cm³/mol. The van der Waals surface area contributed by atoms with Crippen LogP contribution < -0.4 is 5.73 Å². The van der Waals surface area contributed by atoms with E-state index in [1.165, 1.54) is 0 Å². The predicted octanol–water partition coefficient (Wildman–Crippen LogP) is 2.30. The average molecular weight is 254 g/mol. The first-order valence-corrected chi connectivity index (χ1v) is 5.68. The SMILES string of the molecule is CCCCN(CC(F)(F)F)C(=O)CC(C)(C)N. The van der Waals surface area contributed by atoms with Crippen LogP contribution in [0.4, 0.5) is 13.2 Å². The lowest BCUT2D eigenvalue weighted by Gasteiger charge is -2.27. The van der Waals surface area contributed by atoms with Crippen molar-refractivity contribution in [3.8, 4) is 0 Å². The second-order valence-electron chi connectivity index (χ2n) is 4.95. The zero-order valence-corrected chi connectivity index (χ0v) is 10.6. The van der Waals surface area contributed by atoms with E-state index in [1.54, 1.807) is 13.8 Å². The molecule has 17 heavy (non-hydrogen) atoms. The summed E-state index contributed by atoms with van der Waals surface area (Å²) in [6, 6.07) is 0. The Kier molecular flexibility index (Phi) is 5.95. The third-order valence-electron chi connectivity index (χ3n) is 2.11. The minimum atomic E-state index is -4.36. The number of nitrogens with zero attached hydrogens (tertiary/aromatic N) is 1. The highest BCUT2D eigenvalue weighted by atomic mass is 19.4. The van der Waals surface area contributed by atoms with Gasteiger partial charge in [-0.3, -0.25) is 4.79 Å². The van der Waals surface area contributed by atoms with Crippen LogP contribution in [0.1, 0.15) is 40.0 Å². The maximum absolute atomic E-state index is 12.3. The van der Waals surface area contributed by atoms with Crippen molar-refractivity contribution < 1.29 is 18.0 Å². The molecule has 0 heterocycles. The van der Waals surface area contributed by atoms with Crippen molar-refractivity contribution in [2.24, 2.45) is 5.73 Å². The van der Waals surface area contributed by atoms with Gasteiger partial charge in [0.05, 0.1) is 0 Å². The van der Waals surface area contributed by atoms with Crippen molar-refractivity contribution in [2.45, 2.75) is 51.7 Å². The molecule has 0 aliphatic heterocycles. The summed E-state index contributed by atoms with van der Waals surface area (Å²) < 4.78 is 36.9. The third-order valence-corrected chi connectivity index (χ3v) is 2.11. The molecule has 0 unspecified atom stereocenters. The van der Waals surface area contributed by atoms with Gasteiger partial charge in [-0.25, -0.2) is 0 Å². The molecule has 6 heteroatoms. The van der Waals surface area contributed by atoms with Crippen molar-refractivity contribution in [1.29, 1.82) is 0 Å². The number of nitrogens with two attached hydrogens (primary N) is 1. The lowest BCUT2D eigenvalue weighted by atomic mass is 10.0. The van der Waals surface area contributed by atoms with Gasteiger partial charge in [-0.2, -0.15) is 13.2 Å². The van der Waals surface area contributed by atoms with Gasteiger partial charge in [-0.15, -0.1) is 0 Å². The Morgan fingerprint density at radius 1 is 1.29 bits per heavy atom. The second kappa shape index (κ2) is 6.23. The van der Waals surface area contributed by atoms with E-state index in [1.807, 2.05) is 6.92 Å². The highest BCUT2D eigenvalue weighted by molar-refractivity contribution is 5.77. The molecule has 2 N–H and O–H groups in total. The van der Waals surface area contributed by atoms with Crippen molar-refractivity contribution in [2.75, 3.05) is 13.1 Å². The van der Waals surface area contributed by atoms with Gasteiger partial charge in [0, 0.05) is 18.5 Å². The Balaban J connectivity index is 4.51. The summed E-state index contributed by atoms with van der Waals surface area (Å²) in [5, 5.41) is 0. The van der Waals surface area contributed by atoms with Gasteiger partial charge in [-0.05, 0) is 20.3 Å². The van der Waals surface area contributed by atoms with Crippen LogP contribution in [0.15, 0.2) is 0 Å². The fraction of sp³-hybridized carbons (Fsp3) is 0.909. The van der Waals surface area contributed by atoms with Gasteiger partial charge in [0.15, 0.2) is 0 Å². The third kappa shape index (κ3) is 8.97. The van der Waals surface area contributed by atoms with Crippen molar-refractivity contribution >= 4 is 5.91 Å². The van der Waals surface area contributed by atoms with Gasteiger partial charge in [0.25, 0.3) is 0 Å². The molecule has 0 spiro atoms. The Labute approximate surface area is 100 Å². The summed E-state index contributed by atoms with van der Waals surface area (Å²) in [7, 11) is 0. The number of unbranched alkanes of at least 4 members (excludes halogenated alkanes) is 1. The molecule has 3 nitrogen and oxygen atoms in total. The summed E-state index contributed by atoms with van der Waals surface area (Å²) in [4.78, 5) is 12.5. The molecule has 0 atom stereocenters. The summed E-state index contributed by atoms with van der Waals surface area (Å²) in [5.41, 5.74) is 4.85. The molecule has 0 aromatic heterocycles. The van der Waals surface area contributed by atoms with Gasteiger partial charge >= 0.3 is 6.18 Å². The van der Waals surface area contributed by atoms with Gasteiger partial charge in [-0.1, -0.05) is 13.3 Å². The van der Waals surface area contributed by atoms with Gasteiger partial charge in [0.2, 0.25) is 5.91 Å². The molecule has 0 aliphatic rings. The number of halogens is 3. The Morgan fingerprint density at radius 3 is 2.18 bits per heavy atom. The number of rotatable bonds is 6. The fourth-order valence-electron chi connectivity index (χ4n) is 1.36. The number of alkyl halides is 3. The van der Waals surface area contributed by atoms with Crippen LogP contribution in [-0.4, -0.2) is 35.6 Å². The molecule has 0 radical (unpaired) electrons. The number of hydrogen-bond acceptors (Lipinski definition) is 2. The molecule has 0 aromatic carbocycles. The fourth-order valence-corrected chi connectivity index (χ4v) is 1.36. The van der Waals surface area contributed by atoms with E-state index < -0.39 is 24.2 Å². The van der Waals surface area contributed by atoms with Crippen LogP contribution in [-0.2, 0) is 4.79 Å². The van der Waals surface area contributed by atoms with Gasteiger partial charge in [0.1, 0.15) is 6.54 Å². The zero-order chi connectivity index (χ0) is 13.7. The second-order valence-corrected chi connectivity index (χ2v) is 4.95. The molecule has 0 aliphatic carbocycles. The van der Waals surface area contributed by atoms with Crippen LogP contribution in [0.2, 0.25) is 0 Å². The molecule has 102 valence electrons. The van der Waals surface area contributed by atoms with Crippen molar-refractivity contribution in [1.82, 2.24) is 4.90 Å². The highest BCUT2D eigenvalue weighted by Gasteiger charge is 2.33. The van der Waals surface area contributed by atoms with E-state index in [9.17, 15) is 18.0 Å². The normalized spacial score (nSPS) is 12.6. The molecular weight excluding hydrogens is 233 g/mol. The van der Waals surface area contributed by atoms with E-state index >= 15 is 0 Å². The van der Waals surface area contributed by atoms with Crippen molar-refractivity contribution in [3.05, 3.63) is 0 Å². The summed E-state index contributed by atoms with van der Waals surface area (Å²) in [5.74, 6) is -0.539.